The molecule has 224 valence electrons. The van der Waals surface area contributed by atoms with Gasteiger partial charge in [0.2, 0.25) is 11.4 Å². The predicted molar refractivity (Wildman–Crippen MR) is 167 cm³/mol. The zero-order valence-corrected chi connectivity index (χ0v) is 24.9. The van der Waals surface area contributed by atoms with Crippen LogP contribution in [0.4, 0.5) is 11.6 Å². The van der Waals surface area contributed by atoms with Crippen molar-refractivity contribution in [1.82, 2.24) is 24.2 Å². The minimum absolute atomic E-state index is 0.0372. The maximum Gasteiger partial charge on any atom is 0.291 e. The quantitative estimate of drug-likeness (QED) is 0.247. The summed E-state index contributed by atoms with van der Waals surface area (Å²) in [7, 11) is -3.09. The molecule has 1 amide bonds. The van der Waals surface area contributed by atoms with Gasteiger partial charge in [-0.1, -0.05) is 22.5 Å². The van der Waals surface area contributed by atoms with Crippen molar-refractivity contribution in [3.05, 3.63) is 87.3 Å². The van der Waals surface area contributed by atoms with Gasteiger partial charge in [0.25, 0.3) is 16.3 Å². The first kappa shape index (κ1) is 29.1. The number of fused-ring (bicyclic) bond motifs is 2. The average Bonchev–Trinajstić information content (AvgIpc) is 3.50. The molecule has 1 saturated heterocycles. The molecule has 0 bridgehead atoms. The number of morpholine rings is 1. The SMILES string of the molecule is CCNC(=O)c1cn(-c2ccc3c(c2)CCC3)c2nc(Nc3ccc(CC[S+](=O)(O)N4CCOCC4)cc3)ncc2c1=O. The van der Waals surface area contributed by atoms with E-state index in [0.29, 0.717) is 50.9 Å². The van der Waals surface area contributed by atoms with Gasteiger partial charge < -0.3 is 19.9 Å². The van der Waals surface area contributed by atoms with Gasteiger partial charge in [-0.2, -0.15) is 9.54 Å². The van der Waals surface area contributed by atoms with Gasteiger partial charge in [-0.05, 0) is 71.4 Å². The van der Waals surface area contributed by atoms with Crippen LogP contribution in [-0.2, 0) is 38.6 Å². The van der Waals surface area contributed by atoms with Crippen molar-refractivity contribution in [2.75, 3.05) is 43.9 Å². The lowest BCUT2D eigenvalue weighted by molar-refractivity contribution is 0.0701. The fourth-order valence-electron chi connectivity index (χ4n) is 5.59. The first-order valence-corrected chi connectivity index (χ1v) is 16.2. The highest BCUT2D eigenvalue weighted by Gasteiger charge is 2.36. The van der Waals surface area contributed by atoms with E-state index in [-0.39, 0.29) is 16.7 Å². The zero-order chi connectivity index (χ0) is 30.0. The number of carbonyl (C=O) groups is 1. The molecule has 1 atom stereocenters. The summed E-state index contributed by atoms with van der Waals surface area (Å²) in [5.41, 5.74) is 5.07. The van der Waals surface area contributed by atoms with Crippen molar-refractivity contribution in [1.29, 1.82) is 0 Å². The number of hydrogen-bond acceptors (Lipinski definition) is 7. The molecule has 2 aromatic carbocycles. The van der Waals surface area contributed by atoms with Gasteiger partial charge >= 0.3 is 0 Å². The van der Waals surface area contributed by atoms with Gasteiger partial charge in [0.05, 0.1) is 31.7 Å². The van der Waals surface area contributed by atoms with E-state index in [9.17, 15) is 18.4 Å². The summed E-state index contributed by atoms with van der Waals surface area (Å²) in [6, 6.07) is 13.7. The summed E-state index contributed by atoms with van der Waals surface area (Å²) in [5.74, 6) is 0.00561. The number of aryl methyl sites for hydroxylation is 3. The molecule has 12 heteroatoms. The number of nitrogens with one attached hydrogen (secondary N) is 2. The third kappa shape index (κ3) is 6.23. The summed E-state index contributed by atoms with van der Waals surface area (Å²) >= 11 is 0. The van der Waals surface area contributed by atoms with Crippen molar-refractivity contribution < 1.29 is 18.3 Å². The molecule has 1 unspecified atom stereocenters. The van der Waals surface area contributed by atoms with Gasteiger partial charge in [-0.3, -0.25) is 9.59 Å². The van der Waals surface area contributed by atoms with Crippen LogP contribution >= 0.6 is 0 Å². The molecule has 1 aliphatic heterocycles. The number of carbonyl (C=O) groups excluding carboxylic acids is 1. The van der Waals surface area contributed by atoms with E-state index in [0.717, 1.165) is 36.2 Å². The van der Waals surface area contributed by atoms with E-state index in [1.165, 1.54) is 17.3 Å². The van der Waals surface area contributed by atoms with Crippen LogP contribution in [0.3, 0.4) is 0 Å². The van der Waals surface area contributed by atoms with Gasteiger partial charge in [0, 0.05) is 36.7 Å². The number of aromatic nitrogens is 3. The van der Waals surface area contributed by atoms with Crippen molar-refractivity contribution in [3.63, 3.8) is 0 Å². The third-order valence-corrected chi connectivity index (χ3v) is 9.83. The van der Waals surface area contributed by atoms with Crippen molar-refractivity contribution in [3.8, 4) is 5.69 Å². The van der Waals surface area contributed by atoms with E-state index < -0.39 is 21.7 Å². The average molecular weight is 604 g/mol. The van der Waals surface area contributed by atoms with Crippen LogP contribution in [-0.4, -0.2) is 67.9 Å². The lowest BCUT2D eigenvalue weighted by Gasteiger charge is -2.24. The normalized spacial score (nSPS) is 16.5. The zero-order valence-electron chi connectivity index (χ0n) is 24.0. The number of amides is 1. The first-order valence-electron chi connectivity index (χ1n) is 14.6. The van der Waals surface area contributed by atoms with Gasteiger partial charge in [-0.15, -0.1) is 0 Å². The highest BCUT2D eigenvalue weighted by atomic mass is 32.3. The molecule has 0 spiro atoms. The molecule has 0 radical (unpaired) electrons. The number of ether oxygens (including phenoxy) is 1. The van der Waals surface area contributed by atoms with E-state index in [1.807, 2.05) is 37.3 Å². The van der Waals surface area contributed by atoms with Gasteiger partial charge in [-0.25, -0.2) is 4.98 Å². The van der Waals surface area contributed by atoms with Crippen molar-refractivity contribution >= 4 is 39.0 Å². The number of rotatable bonds is 9. The molecular weight excluding hydrogens is 568 g/mol. The molecule has 0 saturated carbocycles. The van der Waals surface area contributed by atoms with Crippen LogP contribution in [0.25, 0.3) is 16.7 Å². The van der Waals surface area contributed by atoms with Gasteiger partial charge in [0.1, 0.15) is 5.56 Å². The molecule has 2 aliphatic rings. The topological polar surface area (TPSA) is 139 Å². The second-order valence-electron chi connectivity index (χ2n) is 10.8. The number of pyridine rings is 1. The molecule has 1 aliphatic carbocycles. The summed E-state index contributed by atoms with van der Waals surface area (Å²) in [4.78, 5) is 35.2. The minimum atomic E-state index is -3.09. The molecule has 6 rings (SSSR count). The van der Waals surface area contributed by atoms with E-state index in [4.69, 9.17) is 9.72 Å². The molecule has 11 nitrogen and oxygen atoms in total. The summed E-state index contributed by atoms with van der Waals surface area (Å²) in [6.07, 6.45) is 6.62. The van der Waals surface area contributed by atoms with Crippen LogP contribution in [0.5, 0.6) is 0 Å². The summed E-state index contributed by atoms with van der Waals surface area (Å²) < 4.78 is 32.0. The Bertz CT molecular complexity index is 1770. The standard InChI is InChI=1S/C31H34N6O5S/c1-2-32-30(39)27-20-37(25-11-8-22-4-3-5-23(22)18-25)29-26(28(27)38)19-33-31(35-29)34-24-9-6-21(7-10-24)12-17-43(40,41)36-13-15-42-16-14-36/h6-11,18-20H,2-5,12-17H2,1H3,(H2-,32,33,34,35,38,39,40,41)/p+1. The lowest BCUT2D eigenvalue weighted by atomic mass is 10.1. The maximum absolute atomic E-state index is 13.3. The number of hydrogen-bond donors (Lipinski definition) is 3. The molecule has 1 fully saturated rings. The van der Waals surface area contributed by atoms with E-state index in [1.54, 1.807) is 15.1 Å². The first-order chi connectivity index (χ1) is 20.8. The molecular formula is C31H35N6O5S+. The number of nitrogens with zero attached hydrogens (tertiary/aromatic N) is 4. The van der Waals surface area contributed by atoms with Crippen molar-refractivity contribution in [2.45, 2.75) is 32.6 Å². The van der Waals surface area contributed by atoms with Crippen LogP contribution in [0, 0.1) is 0 Å². The highest BCUT2D eigenvalue weighted by Crippen LogP contribution is 2.26. The molecule has 43 heavy (non-hydrogen) atoms. The molecule has 3 N–H and O–H groups in total. The van der Waals surface area contributed by atoms with Crippen LogP contribution < -0.4 is 16.1 Å². The van der Waals surface area contributed by atoms with E-state index >= 15 is 0 Å². The van der Waals surface area contributed by atoms with Crippen LogP contribution in [0.15, 0.2) is 59.7 Å². The van der Waals surface area contributed by atoms with Crippen LogP contribution in [0.1, 0.15) is 40.4 Å². The number of anilines is 2. The predicted octanol–water partition coefficient (Wildman–Crippen LogP) is 3.52. The largest absolute Gasteiger partial charge is 0.378 e. The third-order valence-electron chi connectivity index (χ3n) is 7.93. The van der Waals surface area contributed by atoms with E-state index in [2.05, 4.69) is 27.8 Å². The smallest absolute Gasteiger partial charge is 0.291 e. The van der Waals surface area contributed by atoms with Gasteiger partial charge in [0.15, 0.2) is 11.4 Å². The fraction of sp³-hybridized carbons (Fsp3) is 0.355. The molecule has 3 heterocycles. The Hall–Kier alpha value is -3.97. The minimum Gasteiger partial charge on any atom is -0.378 e. The maximum atomic E-state index is 13.3. The highest BCUT2D eigenvalue weighted by molar-refractivity contribution is 7.95. The lowest BCUT2D eigenvalue weighted by Crippen LogP contribution is -2.45. The Morgan fingerprint density at radius 3 is 2.63 bits per heavy atom. The Morgan fingerprint density at radius 1 is 1.09 bits per heavy atom. The number of benzene rings is 2. The Balaban J connectivity index is 1.27. The Kier molecular flexibility index (Phi) is 8.35. The second kappa shape index (κ2) is 12.3. The Morgan fingerprint density at radius 2 is 1.86 bits per heavy atom. The van der Waals surface area contributed by atoms with Crippen molar-refractivity contribution in [2.24, 2.45) is 0 Å². The van der Waals surface area contributed by atoms with Crippen LogP contribution in [0.2, 0.25) is 0 Å². The summed E-state index contributed by atoms with van der Waals surface area (Å²) in [5, 5.41) is 6.18. The molecule has 4 aromatic rings. The Labute approximate surface area is 250 Å². The molecule has 2 aromatic heterocycles. The summed E-state index contributed by atoms with van der Waals surface area (Å²) in [6.45, 7) is 4.05. The monoisotopic (exact) mass is 603 g/mol. The second-order valence-corrected chi connectivity index (χ2v) is 12.9. The fourth-order valence-corrected chi connectivity index (χ4v) is 7.07.